The summed E-state index contributed by atoms with van der Waals surface area (Å²) in [6, 6.07) is 11.6. The number of ether oxygens (including phenoxy) is 1. The number of aryl methyl sites for hydroxylation is 1. The minimum absolute atomic E-state index is 0.0535. The van der Waals surface area contributed by atoms with E-state index >= 15 is 0 Å². The lowest BCUT2D eigenvalue weighted by molar-refractivity contribution is -0.132. The number of carbonyl (C=O) groups excluding carboxylic acids is 2. The molecule has 29 heavy (non-hydrogen) atoms. The van der Waals surface area contributed by atoms with E-state index in [0.717, 1.165) is 16.9 Å². The second-order valence-electron chi connectivity index (χ2n) is 7.21. The van der Waals surface area contributed by atoms with Crippen molar-refractivity contribution in [1.82, 2.24) is 9.80 Å². The van der Waals surface area contributed by atoms with E-state index in [0.29, 0.717) is 38.3 Å². The Morgan fingerprint density at radius 1 is 1.10 bits per heavy atom. The number of hydrogen-bond donors (Lipinski definition) is 1. The Bertz CT molecular complexity index is 879. The first-order valence-corrected chi connectivity index (χ1v) is 9.63. The first-order chi connectivity index (χ1) is 13.9. The zero-order chi connectivity index (χ0) is 20.8. The summed E-state index contributed by atoms with van der Waals surface area (Å²) in [7, 11) is 1.60. The second-order valence-corrected chi connectivity index (χ2v) is 7.21. The number of halogens is 1. The Morgan fingerprint density at radius 3 is 2.55 bits per heavy atom. The van der Waals surface area contributed by atoms with Gasteiger partial charge in [0.15, 0.2) is 0 Å². The third kappa shape index (κ3) is 5.77. The van der Waals surface area contributed by atoms with E-state index in [-0.39, 0.29) is 24.2 Å². The normalized spacial score (nSPS) is 14.5. The van der Waals surface area contributed by atoms with Gasteiger partial charge in [0, 0.05) is 37.4 Å². The molecule has 1 fully saturated rings. The van der Waals surface area contributed by atoms with Crippen LogP contribution in [0.3, 0.4) is 0 Å². The number of methoxy groups -OCH3 is 1. The Morgan fingerprint density at radius 2 is 1.86 bits per heavy atom. The third-order valence-electron chi connectivity index (χ3n) is 4.98. The topological polar surface area (TPSA) is 61.9 Å². The van der Waals surface area contributed by atoms with Crippen LogP contribution >= 0.6 is 0 Å². The molecule has 0 aromatic heterocycles. The number of anilines is 1. The molecule has 3 rings (SSSR count). The lowest BCUT2D eigenvalue weighted by Crippen LogP contribution is -2.50. The monoisotopic (exact) mass is 399 g/mol. The van der Waals surface area contributed by atoms with Gasteiger partial charge in [-0.1, -0.05) is 23.8 Å². The summed E-state index contributed by atoms with van der Waals surface area (Å²) < 4.78 is 18.6. The van der Waals surface area contributed by atoms with Crippen LogP contribution in [0.1, 0.15) is 11.1 Å². The van der Waals surface area contributed by atoms with Gasteiger partial charge >= 0.3 is 0 Å². The zero-order valence-electron chi connectivity index (χ0n) is 16.8. The fourth-order valence-corrected chi connectivity index (χ4v) is 3.45. The third-order valence-corrected chi connectivity index (χ3v) is 4.98. The standard InChI is InChI=1S/C22H26FN3O3/c1-16-6-7-20(29-2)17(12-16)13-22(28)26-10-8-25(9-11-26)15-21(27)24-19-5-3-4-18(23)14-19/h3-7,12,14H,8-11,13,15H2,1-2H3,(H,24,27). The smallest absolute Gasteiger partial charge is 0.238 e. The molecule has 0 saturated carbocycles. The molecular weight excluding hydrogens is 373 g/mol. The Balaban J connectivity index is 1.48. The van der Waals surface area contributed by atoms with Crippen molar-refractivity contribution in [3.63, 3.8) is 0 Å². The van der Waals surface area contributed by atoms with Crippen molar-refractivity contribution in [1.29, 1.82) is 0 Å². The van der Waals surface area contributed by atoms with Crippen LogP contribution in [0.5, 0.6) is 5.75 Å². The highest BCUT2D eigenvalue weighted by Gasteiger charge is 2.23. The van der Waals surface area contributed by atoms with Gasteiger partial charge in [-0.05, 0) is 31.2 Å². The molecular formula is C22H26FN3O3. The number of rotatable bonds is 6. The predicted octanol–water partition coefficient (Wildman–Crippen LogP) is 2.47. The second kappa shape index (κ2) is 9.52. The highest BCUT2D eigenvalue weighted by atomic mass is 19.1. The number of nitrogens with zero attached hydrogens (tertiary/aromatic N) is 2. The maximum Gasteiger partial charge on any atom is 0.238 e. The van der Waals surface area contributed by atoms with Gasteiger partial charge in [0.25, 0.3) is 0 Å². The zero-order valence-corrected chi connectivity index (χ0v) is 16.8. The average molecular weight is 399 g/mol. The minimum atomic E-state index is -0.389. The van der Waals surface area contributed by atoms with E-state index in [4.69, 9.17) is 4.74 Å². The molecule has 2 aromatic rings. The van der Waals surface area contributed by atoms with Crippen LogP contribution in [-0.2, 0) is 16.0 Å². The van der Waals surface area contributed by atoms with Crippen molar-refractivity contribution in [2.24, 2.45) is 0 Å². The van der Waals surface area contributed by atoms with Crippen molar-refractivity contribution in [2.75, 3.05) is 45.2 Å². The summed E-state index contributed by atoms with van der Waals surface area (Å²) in [6.45, 7) is 4.58. The molecule has 0 spiro atoms. The van der Waals surface area contributed by atoms with Crippen molar-refractivity contribution in [3.05, 3.63) is 59.4 Å². The Labute approximate surface area is 170 Å². The van der Waals surface area contributed by atoms with Gasteiger partial charge in [0.05, 0.1) is 20.1 Å². The van der Waals surface area contributed by atoms with Crippen LogP contribution < -0.4 is 10.1 Å². The predicted molar refractivity (Wildman–Crippen MR) is 109 cm³/mol. The van der Waals surface area contributed by atoms with E-state index < -0.39 is 0 Å². The summed E-state index contributed by atoms with van der Waals surface area (Å²) in [6.07, 6.45) is 0.297. The van der Waals surface area contributed by atoms with Crippen LogP contribution in [0.2, 0.25) is 0 Å². The summed E-state index contributed by atoms with van der Waals surface area (Å²) >= 11 is 0. The van der Waals surface area contributed by atoms with Crippen LogP contribution in [0.25, 0.3) is 0 Å². The SMILES string of the molecule is COc1ccc(C)cc1CC(=O)N1CCN(CC(=O)Nc2cccc(F)c2)CC1. The molecule has 1 aliphatic heterocycles. The molecule has 0 aliphatic carbocycles. The molecule has 0 bridgehead atoms. The molecule has 0 atom stereocenters. The summed E-state index contributed by atoms with van der Waals surface area (Å²) in [4.78, 5) is 28.7. The molecule has 2 aromatic carbocycles. The fraction of sp³-hybridized carbons (Fsp3) is 0.364. The fourth-order valence-electron chi connectivity index (χ4n) is 3.45. The molecule has 1 heterocycles. The van der Waals surface area contributed by atoms with Gasteiger partial charge < -0.3 is 15.0 Å². The van der Waals surface area contributed by atoms with Crippen LogP contribution in [0, 0.1) is 12.7 Å². The van der Waals surface area contributed by atoms with E-state index in [2.05, 4.69) is 5.32 Å². The number of piperazine rings is 1. The Kier molecular flexibility index (Phi) is 6.82. The lowest BCUT2D eigenvalue weighted by Gasteiger charge is -2.34. The summed E-state index contributed by atoms with van der Waals surface area (Å²) in [5, 5.41) is 2.70. The number of carbonyl (C=O) groups is 2. The quantitative estimate of drug-likeness (QED) is 0.811. The van der Waals surface area contributed by atoms with Gasteiger partial charge in [-0.15, -0.1) is 0 Å². The van der Waals surface area contributed by atoms with Crippen LogP contribution in [0.4, 0.5) is 10.1 Å². The van der Waals surface area contributed by atoms with Crippen molar-refractivity contribution in [3.8, 4) is 5.75 Å². The van der Waals surface area contributed by atoms with Gasteiger partial charge in [-0.3, -0.25) is 14.5 Å². The Hall–Kier alpha value is -2.93. The number of nitrogens with one attached hydrogen (secondary N) is 1. The lowest BCUT2D eigenvalue weighted by atomic mass is 10.1. The van der Waals surface area contributed by atoms with Gasteiger partial charge in [0.2, 0.25) is 11.8 Å². The minimum Gasteiger partial charge on any atom is -0.496 e. The van der Waals surface area contributed by atoms with Gasteiger partial charge in [-0.25, -0.2) is 4.39 Å². The molecule has 1 N–H and O–H groups in total. The molecule has 2 amide bonds. The highest BCUT2D eigenvalue weighted by Crippen LogP contribution is 2.21. The number of benzene rings is 2. The van der Waals surface area contributed by atoms with Crippen LogP contribution in [-0.4, -0.2) is 61.4 Å². The van der Waals surface area contributed by atoms with E-state index in [9.17, 15) is 14.0 Å². The number of amides is 2. The number of hydrogen-bond acceptors (Lipinski definition) is 4. The van der Waals surface area contributed by atoms with E-state index in [1.165, 1.54) is 12.1 Å². The maximum atomic E-state index is 13.2. The van der Waals surface area contributed by atoms with Gasteiger partial charge in [-0.2, -0.15) is 0 Å². The summed E-state index contributed by atoms with van der Waals surface area (Å²) in [5.74, 6) is 0.189. The van der Waals surface area contributed by atoms with Crippen LogP contribution in [0.15, 0.2) is 42.5 Å². The largest absolute Gasteiger partial charge is 0.496 e. The molecule has 0 radical (unpaired) electrons. The van der Waals surface area contributed by atoms with Gasteiger partial charge in [0.1, 0.15) is 11.6 Å². The first-order valence-electron chi connectivity index (χ1n) is 9.63. The molecule has 1 saturated heterocycles. The highest BCUT2D eigenvalue weighted by molar-refractivity contribution is 5.92. The van der Waals surface area contributed by atoms with Crippen molar-refractivity contribution in [2.45, 2.75) is 13.3 Å². The maximum absolute atomic E-state index is 13.2. The van der Waals surface area contributed by atoms with E-state index in [1.807, 2.05) is 34.9 Å². The molecule has 6 nitrogen and oxygen atoms in total. The first kappa shape index (κ1) is 20.8. The van der Waals surface area contributed by atoms with Crippen molar-refractivity contribution < 1.29 is 18.7 Å². The summed E-state index contributed by atoms with van der Waals surface area (Å²) in [5.41, 5.74) is 2.41. The van der Waals surface area contributed by atoms with Crippen molar-refractivity contribution >= 4 is 17.5 Å². The van der Waals surface area contributed by atoms with E-state index in [1.54, 1.807) is 19.2 Å². The molecule has 0 unspecified atom stereocenters. The molecule has 154 valence electrons. The molecule has 1 aliphatic rings. The average Bonchev–Trinajstić information content (AvgIpc) is 2.68. The molecule has 7 heteroatoms.